The number of benzene rings is 1. The average molecular weight is 310 g/mol. The van der Waals surface area contributed by atoms with Crippen molar-refractivity contribution in [3.05, 3.63) is 35.7 Å². The second-order valence-electron chi connectivity index (χ2n) is 4.70. The lowest BCUT2D eigenvalue weighted by molar-refractivity contribution is 0.275. The molecule has 1 heterocycles. The molecule has 0 saturated heterocycles. The summed E-state index contributed by atoms with van der Waals surface area (Å²) in [6.45, 7) is 1.90. The van der Waals surface area contributed by atoms with E-state index >= 15 is 0 Å². The van der Waals surface area contributed by atoms with Crippen LogP contribution in [0.25, 0.3) is 5.69 Å². The van der Waals surface area contributed by atoms with Crippen molar-refractivity contribution in [3.63, 3.8) is 0 Å². The minimum Gasteiger partial charge on any atom is -0.390 e. The fraction of sp³-hybridized carbons (Fsp3) is 0.385. The Bertz CT molecular complexity index is 708. The number of nitrogens with zero attached hydrogens (tertiary/aromatic N) is 3. The van der Waals surface area contributed by atoms with E-state index in [0.717, 1.165) is 25.0 Å². The molecule has 8 heteroatoms. The van der Waals surface area contributed by atoms with Gasteiger partial charge in [0.15, 0.2) is 0 Å². The van der Waals surface area contributed by atoms with Gasteiger partial charge in [-0.3, -0.25) is 0 Å². The third-order valence-corrected chi connectivity index (χ3v) is 4.10. The SMILES string of the molecule is CCCCc1c(CO)nnn1-c1ccc(S(N)(=O)=O)cc1. The summed E-state index contributed by atoms with van der Waals surface area (Å²) in [5.74, 6) is 0. The first-order valence-electron chi connectivity index (χ1n) is 6.65. The molecule has 2 rings (SSSR count). The molecular weight excluding hydrogens is 292 g/mol. The van der Waals surface area contributed by atoms with E-state index < -0.39 is 10.0 Å². The van der Waals surface area contributed by atoms with E-state index in [1.807, 2.05) is 0 Å². The molecule has 0 bridgehead atoms. The number of hydrogen-bond donors (Lipinski definition) is 2. The van der Waals surface area contributed by atoms with Crippen molar-refractivity contribution in [2.45, 2.75) is 37.7 Å². The van der Waals surface area contributed by atoms with Crippen LogP contribution in [-0.2, 0) is 23.1 Å². The van der Waals surface area contributed by atoms with Crippen LogP contribution in [-0.4, -0.2) is 28.5 Å². The van der Waals surface area contributed by atoms with Crippen LogP contribution >= 0.6 is 0 Å². The van der Waals surface area contributed by atoms with Crippen molar-refractivity contribution >= 4 is 10.0 Å². The Labute approximate surface area is 123 Å². The Hall–Kier alpha value is -1.77. The number of rotatable bonds is 6. The van der Waals surface area contributed by atoms with Gasteiger partial charge in [-0.05, 0) is 37.1 Å². The van der Waals surface area contributed by atoms with E-state index in [4.69, 9.17) is 5.14 Å². The second-order valence-corrected chi connectivity index (χ2v) is 6.26. The maximum atomic E-state index is 11.2. The topological polar surface area (TPSA) is 111 Å². The average Bonchev–Trinajstić information content (AvgIpc) is 2.87. The summed E-state index contributed by atoms with van der Waals surface area (Å²) in [7, 11) is -3.71. The number of aliphatic hydroxyl groups excluding tert-OH is 1. The molecule has 0 saturated carbocycles. The lowest BCUT2D eigenvalue weighted by atomic mass is 10.1. The van der Waals surface area contributed by atoms with Gasteiger partial charge in [-0.25, -0.2) is 18.2 Å². The normalized spacial score (nSPS) is 11.8. The fourth-order valence-electron chi connectivity index (χ4n) is 2.03. The summed E-state index contributed by atoms with van der Waals surface area (Å²) >= 11 is 0. The summed E-state index contributed by atoms with van der Waals surface area (Å²) in [6.07, 6.45) is 2.71. The maximum absolute atomic E-state index is 11.2. The molecule has 0 radical (unpaired) electrons. The van der Waals surface area contributed by atoms with Gasteiger partial charge < -0.3 is 5.11 Å². The van der Waals surface area contributed by atoms with E-state index in [2.05, 4.69) is 17.2 Å². The summed E-state index contributed by atoms with van der Waals surface area (Å²) in [5.41, 5.74) is 2.06. The van der Waals surface area contributed by atoms with E-state index in [1.54, 1.807) is 16.8 Å². The van der Waals surface area contributed by atoms with E-state index in [9.17, 15) is 13.5 Å². The van der Waals surface area contributed by atoms with Crippen LogP contribution in [0.1, 0.15) is 31.2 Å². The molecule has 21 heavy (non-hydrogen) atoms. The molecule has 0 aliphatic heterocycles. The standard InChI is InChI=1S/C13H18N4O3S/c1-2-3-4-13-12(9-18)15-16-17(13)10-5-7-11(8-6-10)21(14,19)20/h5-8,18H,2-4,9H2,1H3,(H2,14,19,20). The van der Waals surface area contributed by atoms with Crippen molar-refractivity contribution in [1.82, 2.24) is 15.0 Å². The van der Waals surface area contributed by atoms with Crippen LogP contribution in [0, 0.1) is 0 Å². The zero-order valence-electron chi connectivity index (χ0n) is 11.7. The van der Waals surface area contributed by atoms with Crippen LogP contribution in [0.5, 0.6) is 0 Å². The fourth-order valence-corrected chi connectivity index (χ4v) is 2.55. The van der Waals surface area contributed by atoms with Gasteiger partial charge in [0, 0.05) is 0 Å². The van der Waals surface area contributed by atoms with Crippen LogP contribution < -0.4 is 5.14 Å². The Morgan fingerprint density at radius 1 is 1.29 bits per heavy atom. The van der Waals surface area contributed by atoms with Crippen molar-refractivity contribution in [1.29, 1.82) is 0 Å². The first-order valence-corrected chi connectivity index (χ1v) is 8.19. The summed E-state index contributed by atoms with van der Waals surface area (Å²) < 4.78 is 24.1. The van der Waals surface area contributed by atoms with Crippen molar-refractivity contribution in [2.24, 2.45) is 5.14 Å². The molecule has 1 aromatic carbocycles. The predicted molar refractivity (Wildman–Crippen MR) is 77.3 cm³/mol. The zero-order valence-corrected chi connectivity index (χ0v) is 12.5. The predicted octanol–water partition coefficient (Wildman–Crippen LogP) is 0.750. The minimum absolute atomic E-state index is 0.0452. The van der Waals surface area contributed by atoms with Crippen LogP contribution in [0.15, 0.2) is 29.2 Å². The number of primary sulfonamides is 1. The molecule has 0 aliphatic carbocycles. The quantitative estimate of drug-likeness (QED) is 0.818. The zero-order chi connectivity index (χ0) is 15.5. The maximum Gasteiger partial charge on any atom is 0.238 e. The van der Waals surface area contributed by atoms with Gasteiger partial charge in [0.05, 0.1) is 22.9 Å². The number of sulfonamides is 1. The highest BCUT2D eigenvalue weighted by atomic mass is 32.2. The number of unbranched alkanes of at least 4 members (excludes halogenated alkanes) is 1. The van der Waals surface area contributed by atoms with Crippen molar-refractivity contribution in [3.8, 4) is 5.69 Å². The molecule has 0 fully saturated rings. The lowest BCUT2D eigenvalue weighted by Gasteiger charge is -2.07. The molecular formula is C13H18N4O3S. The molecule has 0 unspecified atom stereocenters. The number of nitrogens with two attached hydrogens (primary N) is 1. The highest BCUT2D eigenvalue weighted by molar-refractivity contribution is 7.89. The van der Waals surface area contributed by atoms with Gasteiger partial charge in [-0.1, -0.05) is 18.6 Å². The van der Waals surface area contributed by atoms with E-state index in [1.165, 1.54) is 12.1 Å². The van der Waals surface area contributed by atoms with Crippen LogP contribution in [0.4, 0.5) is 0 Å². The molecule has 0 amide bonds. The smallest absolute Gasteiger partial charge is 0.238 e. The number of hydrogen-bond acceptors (Lipinski definition) is 5. The van der Waals surface area contributed by atoms with E-state index in [-0.39, 0.29) is 11.5 Å². The third-order valence-electron chi connectivity index (χ3n) is 3.17. The van der Waals surface area contributed by atoms with Crippen molar-refractivity contribution < 1.29 is 13.5 Å². The van der Waals surface area contributed by atoms with Gasteiger partial charge in [-0.2, -0.15) is 0 Å². The van der Waals surface area contributed by atoms with Gasteiger partial charge in [0.2, 0.25) is 10.0 Å². The first kappa shape index (κ1) is 15.6. The molecule has 0 aliphatic rings. The highest BCUT2D eigenvalue weighted by Gasteiger charge is 2.14. The number of aliphatic hydroxyl groups is 1. The van der Waals surface area contributed by atoms with Gasteiger partial charge in [0.1, 0.15) is 5.69 Å². The summed E-state index contributed by atoms with van der Waals surface area (Å²) in [5, 5.41) is 22.4. The number of aromatic nitrogens is 3. The largest absolute Gasteiger partial charge is 0.390 e. The molecule has 3 N–H and O–H groups in total. The Morgan fingerprint density at radius 3 is 2.48 bits per heavy atom. The summed E-state index contributed by atoms with van der Waals surface area (Å²) in [6, 6.07) is 6.08. The van der Waals surface area contributed by atoms with Gasteiger partial charge in [-0.15, -0.1) is 5.10 Å². The monoisotopic (exact) mass is 310 g/mol. The van der Waals surface area contributed by atoms with Crippen LogP contribution in [0.2, 0.25) is 0 Å². The molecule has 0 spiro atoms. The van der Waals surface area contributed by atoms with E-state index in [0.29, 0.717) is 11.4 Å². The molecule has 114 valence electrons. The molecule has 7 nitrogen and oxygen atoms in total. The second kappa shape index (κ2) is 6.33. The van der Waals surface area contributed by atoms with Crippen molar-refractivity contribution in [2.75, 3.05) is 0 Å². The summed E-state index contributed by atoms with van der Waals surface area (Å²) in [4.78, 5) is 0.0452. The Kier molecular flexibility index (Phi) is 4.71. The molecule has 1 aromatic heterocycles. The molecule has 2 aromatic rings. The minimum atomic E-state index is -3.71. The molecule has 0 atom stereocenters. The highest BCUT2D eigenvalue weighted by Crippen LogP contribution is 2.17. The third kappa shape index (κ3) is 3.46. The Morgan fingerprint density at radius 2 is 1.95 bits per heavy atom. The first-order chi connectivity index (χ1) is 9.97. The van der Waals surface area contributed by atoms with Gasteiger partial charge >= 0.3 is 0 Å². The Balaban J connectivity index is 2.39. The van der Waals surface area contributed by atoms with Gasteiger partial charge in [0.25, 0.3) is 0 Å². The van der Waals surface area contributed by atoms with Crippen LogP contribution in [0.3, 0.4) is 0 Å². The lowest BCUT2D eigenvalue weighted by Crippen LogP contribution is -2.12.